The van der Waals surface area contributed by atoms with E-state index in [9.17, 15) is 14.9 Å². The van der Waals surface area contributed by atoms with Crippen molar-refractivity contribution in [3.8, 4) is 0 Å². The quantitative estimate of drug-likeness (QED) is 0.374. The van der Waals surface area contributed by atoms with Gasteiger partial charge in [0.15, 0.2) is 5.78 Å². The van der Waals surface area contributed by atoms with E-state index in [4.69, 9.17) is 0 Å². The van der Waals surface area contributed by atoms with Gasteiger partial charge in [0.2, 0.25) is 0 Å². The van der Waals surface area contributed by atoms with Crippen molar-refractivity contribution in [1.82, 2.24) is 0 Å². The van der Waals surface area contributed by atoms with Gasteiger partial charge in [0, 0.05) is 35.3 Å². The molecule has 1 aliphatic carbocycles. The van der Waals surface area contributed by atoms with Crippen LogP contribution in [0.5, 0.6) is 0 Å². The number of nitrogens with zero attached hydrogens (tertiary/aromatic N) is 2. The summed E-state index contributed by atoms with van der Waals surface area (Å²) in [6, 6.07) is 15.7. The summed E-state index contributed by atoms with van der Waals surface area (Å²) in [7, 11) is 0. The van der Waals surface area contributed by atoms with Gasteiger partial charge in [-0.2, -0.15) is 0 Å². The molecule has 0 amide bonds. The van der Waals surface area contributed by atoms with Crippen LogP contribution >= 0.6 is 0 Å². The van der Waals surface area contributed by atoms with Crippen molar-refractivity contribution in [3.05, 3.63) is 82.4 Å². The van der Waals surface area contributed by atoms with Crippen LogP contribution in [0.15, 0.2) is 66.7 Å². The lowest BCUT2D eigenvalue weighted by atomic mass is 9.93. The molecule has 5 heteroatoms. The van der Waals surface area contributed by atoms with Gasteiger partial charge in [-0.15, -0.1) is 0 Å². The van der Waals surface area contributed by atoms with Gasteiger partial charge >= 0.3 is 0 Å². The van der Waals surface area contributed by atoms with Gasteiger partial charge in [-0.05, 0) is 18.6 Å². The van der Waals surface area contributed by atoms with Gasteiger partial charge in [-0.25, -0.2) is 0 Å². The van der Waals surface area contributed by atoms with Crippen LogP contribution in [0.3, 0.4) is 0 Å². The minimum Gasteiger partial charge on any atom is -0.354 e. The Bertz CT molecular complexity index is 814. The fraction of sp³-hybridized carbons (Fsp3) is 0.211. The van der Waals surface area contributed by atoms with E-state index >= 15 is 0 Å². The zero-order chi connectivity index (χ0) is 16.7. The van der Waals surface area contributed by atoms with Crippen LogP contribution in [0.25, 0.3) is 0 Å². The third-order valence-electron chi connectivity index (χ3n) is 4.84. The van der Waals surface area contributed by atoms with Gasteiger partial charge < -0.3 is 4.90 Å². The van der Waals surface area contributed by atoms with Crippen molar-refractivity contribution in [2.75, 3.05) is 4.90 Å². The molecule has 2 aromatic rings. The van der Waals surface area contributed by atoms with Crippen molar-refractivity contribution in [2.24, 2.45) is 5.92 Å². The highest BCUT2D eigenvalue weighted by molar-refractivity contribution is 6.03. The van der Waals surface area contributed by atoms with Gasteiger partial charge in [0.25, 0.3) is 5.69 Å². The van der Waals surface area contributed by atoms with E-state index in [1.54, 1.807) is 12.1 Å². The number of rotatable bonds is 4. The van der Waals surface area contributed by atoms with Crippen LogP contribution < -0.4 is 4.90 Å². The number of nitro groups is 1. The van der Waals surface area contributed by atoms with Crippen molar-refractivity contribution in [2.45, 2.75) is 18.5 Å². The number of ketones is 1. The molecule has 0 N–H and O–H groups in total. The van der Waals surface area contributed by atoms with Crippen LogP contribution in [0, 0.1) is 16.0 Å². The first kappa shape index (κ1) is 14.6. The average Bonchev–Trinajstić information content (AvgIpc) is 3.23. The van der Waals surface area contributed by atoms with Crippen molar-refractivity contribution in [3.63, 3.8) is 0 Å². The number of benzene rings is 2. The number of hydrogen-bond acceptors (Lipinski definition) is 4. The molecule has 2 bridgehead atoms. The molecule has 1 fully saturated rings. The number of carbonyl (C=O) groups is 1. The monoisotopic (exact) mass is 320 g/mol. The van der Waals surface area contributed by atoms with Crippen LogP contribution in [-0.4, -0.2) is 22.8 Å². The fourth-order valence-corrected chi connectivity index (χ4v) is 3.75. The summed E-state index contributed by atoms with van der Waals surface area (Å²) in [4.78, 5) is 25.5. The maximum Gasteiger partial charge on any atom is 0.269 e. The van der Waals surface area contributed by atoms with Gasteiger partial charge in [0.1, 0.15) is 0 Å². The van der Waals surface area contributed by atoms with Crippen molar-refractivity contribution >= 4 is 17.2 Å². The second kappa shape index (κ2) is 5.60. The maximum absolute atomic E-state index is 13.0. The van der Waals surface area contributed by atoms with Crippen molar-refractivity contribution < 1.29 is 9.72 Å². The van der Waals surface area contributed by atoms with Gasteiger partial charge in [-0.3, -0.25) is 14.9 Å². The maximum atomic E-state index is 13.0. The van der Waals surface area contributed by atoms with Crippen LogP contribution in [-0.2, 0) is 0 Å². The molecule has 120 valence electrons. The van der Waals surface area contributed by atoms with E-state index in [2.05, 4.69) is 17.1 Å². The second-order valence-electron chi connectivity index (χ2n) is 6.21. The zero-order valence-corrected chi connectivity index (χ0v) is 12.9. The number of non-ortho nitro benzene ring substituents is 1. The van der Waals surface area contributed by atoms with E-state index < -0.39 is 4.92 Å². The molecule has 1 aliphatic heterocycles. The Hall–Kier alpha value is -2.95. The molecule has 0 spiro atoms. The summed E-state index contributed by atoms with van der Waals surface area (Å²) in [6.07, 6.45) is 5.17. The van der Waals surface area contributed by atoms with E-state index in [0.717, 1.165) is 12.1 Å². The third-order valence-corrected chi connectivity index (χ3v) is 4.84. The Morgan fingerprint density at radius 2 is 1.75 bits per heavy atom. The lowest BCUT2D eigenvalue weighted by Crippen LogP contribution is -2.44. The van der Waals surface area contributed by atoms with Crippen LogP contribution in [0.1, 0.15) is 16.8 Å². The number of nitro benzene ring substituents is 1. The third kappa shape index (κ3) is 2.29. The molecule has 0 unspecified atom stereocenters. The molecule has 2 aliphatic rings. The lowest BCUT2D eigenvalue weighted by molar-refractivity contribution is -0.384. The molecule has 4 rings (SSSR count). The Kier molecular flexibility index (Phi) is 3.41. The first-order chi connectivity index (χ1) is 11.6. The number of carbonyl (C=O) groups excluding carboxylic acids is 1. The molecule has 1 heterocycles. The highest BCUT2D eigenvalue weighted by Crippen LogP contribution is 2.42. The van der Waals surface area contributed by atoms with Gasteiger partial charge in [-0.1, -0.05) is 42.5 Å². The minimum atomic E-state index is -0.410. The molecule has 0 radical (unpaired) electrons. The summed E-state index contributed by atoms with van der Waals surface area (Å²) in [5.74, 6) is 0.295. The zero-order valence-electron chi connectivity index (χ0n) is 12.9. The standard InChI is InChI=1S/C19H16N2O3/c22-19(13-4-2-1-3-5-13)18-14-6-7-17(12-14)20(18)15-8-10-16(11-9-15)21(23)24/h1-11,14,17-18H,12H2/t14-,17+,18-/m0/s1. The second-order valence-corrected chi connectivity index (χ2v) is 6.21. The minimum absolute atomic E-state index is 0.0598. The van der Waals surface area contributed by atoms with Crippen LogP contribution in [0.4, 0.5) is 11.4 Å². The van der Waals surface area contributed by atoms with Gasteiger partial charge in [0.05, 0.1) is 11.0 Å². The highest BCUT2D eigenvalue weighted by atomic mass is 16.6. The van der Waals surface area contributed by atoms with E-state index in [1.807, 2.05) is 30.3 Å². The Morgan fingerprint density at radius 3 is 2.42 bits per heavy atom. The largest absolute Gasteiger partial charge is 0.354 e. The van der Waals surface area contributed by atoms with E-state index in [0.29, 0.717) is 5.56 Å². The Morgan fingerprint density at radius 1 is 1.04 bits per heavy atom. The number of anilines is 1. The Labute approximate surface area is 139 Å². The number of fused-ring (bicyclic) bond motifs is 2. The number of Topliss-reactive ketones (excluding diaryl/α,β-unsaturated/α-hetero) is 1. The highest BCUT2D eigenvalue weighted by Gasteiger charge is 2.46. The summed E-state index contributed by atoms with van der Waals surface area (Å²) < 4.78 is 0. The molecule has 0 saturated carbocycles. The molecule has 3 atom stereocenters. The molecule has 0 aromatic heterocycles. The SMILES string of the molecule is O=C(c1ccccc1)[C@@H]1[C@H]2C=C[C@H](C2)N1c1ccc([N+](=O)[O-])cc1. The predicted molar refractivity (Wildman–Crippen MR) is 91.2 cm³/mol. The Balaban J connectivity index is 1.69. The summed E-state index contributed by atoms with van der Waals surface area (Å²) >= 11 is 0. The first-order valence-electron chi connectivity index (χ1n) is 7.95. The molecule has 24 heavy (non-hydrogen) atoms. The molecule has 1 saturated heterocycles. The summed E-state index contributed by atoms with van der Waals surface area (Å²) in [5.41, 5.74) is 1.62. The molecule has 2 aromatic carbocycles. The first-order valence-corrected chi connectivity index (χ1v) is 7.95. The normalized spacial score (nSPS) is 24.3. The van der Waals surface area contributed by atoms with E-state index in [-0.39, 0.29) is 29.5 Å². The molecular formula is C19H16N2O3. The number of hydrogen-bond donors (Lipinski definition) is 0. The van der Waals surface area contributed by atoms with E-state index in [1.165, 1.54) is 12.1 Å². The lowest BCUT2D eigenvalue weighted by Gasteiger charge is -2.33. The predicted octanol–water partition coefficient (Wildman–Crippen LogP) is 3.61. The fourth-order valence-electron chi connectivity index (χ4n) is 3.75. The van der Waals surface area contributed by atoms with Crippen molar-refractivity contribution in [1.29, 1.82) is 0 Å². The topological polar surface area (TPSA) is 63.5 Å². The molecule has 5 nitrogen and oxygen atoms in total. The summed E-state index contributed by atoms with van der Waals surface area (Å²) in [6.45, 7) is 0. The summed E-state index contributed by atoms with van der Waals surface area (Å²) in [5, 5.41) is 10.8. The average molecular weight is 320 g/mol. The molecular weight excluding hydrogens is 304 g/mol. The van der Waals surface area contributed by atoms with Crippen LogP contribution in [0.2, 0.25) is 0 Å². The smallest absolute Gasteiger partial charge is 0.269 e.